The van der Waals surface area contributed by atoms with Crippen molar-refractivity contribution >= 4 is 22.5 Å². The molecular formula is C20H22F2N4. The smallest absolute Gasteiger partial charge is 0.160 e. The number of nitrogens with zero attached hydrogens (tertiary/aromatic N) is 2. The number of halogens is 2. The molecule has 2 heterocycles. The lowest BCUT2D eigenvalue weighted by Crippen LogP contribution is -2.44. The Morgan fingerprint density at radius 3 is 2.69 bits per heavy atom. The van der Waals surface area contributed by atoms with Gasteiger partial charge in [-0.3, -0.25) is 0 Å². The minimum atomic E-state index is -0.878. The van der Waals surface area contributed by atoms with E-state index in [4.69, 9.17) is 4.98 Å². The topological polar surface area (TPSA) is 41.9 Å². The first-order valence-electron chi connectivity index (χ1n) is 8.78. The van der Waals surface area contributed by atoms with Crippen LogP contribution in [0.15, 0.2) is 30.3 Å². The Morgan fingerprint density at radius 1 is 1.15 bits per heavy atom. The van der Waals surface area contributed by atoms with Crippen LogP contribution in [0.4, 0.5) is 20.3 Å². The lowest BCUT2D eigenvalue weighted by Gasteiger charge is -2.33. The third-order valence-corrected chi connectivity index (χ3v) is 5.55. The van der Waals surface area contributed by atoms with Crippen molar-refractivity contribution in [1.29, 1.82) is 0 Å². The largest absolute Gasteiger partial charge is 0.340 e. The van der Waals surface area contributed by atoms with Gasteiger partial charge < -0.3 is 15.2 Å². The van der Waals surface area contributed by atoms with E-state index in [-0.39, 0.29) is 5.54 Å². The second kappa shape index (κ2) is 6.06. The fourth-order valence-corrected chi connectivity index (χ4v) is 3.82. The zero-order chi connectivity index (χ0) is 18.5. The van der Waals surface area contributed by atoms with E-state index in [1.165, 1.54) is 17.3 Å². The zero-order valence-corrected chi connectivity index (χ0v) is 15.2. The van der Waals surface area contributed by atoms with Gasteiger partial charge in [-0.15, -0.1) is 0 Å². The molecule has 0 saturated heterocycles. The number of benzene rings is 1. The average molecular weight is 356 g/mol. The van der Waals surface area contributed by atoms with Crippen molar-refractivity contribution in [2.24, 2.45) is 7.05 Å². The van der Waals surface area contributed by atoms with Crippen LogP contribution in [0.2, 0.25) is 0 Å². The third-order valence-electron chi connectivity index (χ3n) is 5.55. The van der Waals surface area contributed by atoms with Gasteiger partial charge in [0.2, 0.25) is 0 Å². The molecule has 3 aromatic rings. The molecule has 2 N–H and O–H groups in total. The highest BCUT2D eigenvalue weighted by Gasteiger charge is 2.32. The van der Waals surface area contributed by atoms with Crippen LogP contribution in [-0.4, -0.2) is 22.1 Å². The Bertz CT molecular complexity index is 995. The number of pyridine rings is 1. The van der Waals surface area contributed by atoms with Crippen LogP contribution in [0, 0.1) is 11.6 Å². The summed E-state index contributed by atoms with van der Waals surface area (Å²) in [7, 11) is 4.05. The number of hydrogen-bond donors (Lipinski definition) is 2. The van der Waals surface area contributed by atoms with E-state index in [0.29, 0.717) is 11.5 Å². The summed E-state index contributed by atoms with van der Waals surface area (Å²) in [5.41, 5.74) is 4.15. The zero-order valence-electron chi connectivity index (χ0n) is 15.2. The Morgan fingerprint density at radius 2 is 1.96 bits per heavy atom. The van der Waals surface area contributed by atoms with E-state index < -0.39 is 11.6 Å². The van der Waals surface area contributed by atoms with Crippen LogP contribution in [0.25, 0.3) is 11.0 Å². The number of fused-ring (bicyclic) bond motifs is 3. The van der Waals surface area contributed by atoms with Crippen molar-refractivity contribution in [2.45, 2.75) is 31.7 Å². The van der Waals surface area contributed by atoms with E-state index in [1.54, 1.807) is 0 Å². The average Bonchev–Trinajstić information content (AvgIpc) is 2.90. The van der Waals surface area contributed by atoms with Crippen molar-refractivity contribution in [2.75, 3.05) is 12.4 Å². The molecule has 26 heavy (non-hydrogen) atoms. The van der Waals surface area contributed by atoms with Gasteiger partial charge in [0.25, 0.3) is 0 Å². The number of anilines is 2. The fraction of sp³-hybridized carbons (Fsp3) is 0.350. The summed E-state index contributed by atoms with van der Waals surface area (Å²) in [4.78, 5) is 4.72. The van der Waals surface area contributed by atoms with Gasteiger partial charge in [-0.1, -0.05) is 0 Å². The van der Waals surface area contributed by atoms with Crippen LogP contribution in [0.5, 0.6) is 0 Å². The number of likely N-dealkylation sites (N-methyl/N-ethyl adjacent to an activating group) is 1. The summed E-state index contributed by atoms with van der Waals surface area (Å²) in [5, 5.41) is 7.65. The summed E-state index contributed by atoms with van der Waals surface area (Å²) >= 11 is 0. The predicted octanol–water partition coefficient (Wildman–Crippen LogP) is 4.06. The number of aromatic nitrogens is 2. The van der Waals surface area contributed by atoms with Gasteiger partial charge in [0, 0.05) is 35.4 Å². The molecule has 0 amide bonds. The molecule has 136 valence electrons. The molecule has 1 aromatic carbocycles. The molecule has 2 aromatic heterocycles. The highest BCUT2D eigenvalue weighted by molar-refractivity contribution is 5.84. The van der Waals surface area contributed by atoms with Crippen molar-refractivity contribution in [3.63, 3.8) is 0 Å². The molecule has 1 aliphatic rings. The summed E-state index contributed by atoms with van der Waals surface area (Å²) < 4.78 is 28.7. The molecule has 1 atom stereocenters. The van der Waals surface area contributed by atoms with Gasteiger partial charge in [0.05, 0.1) is 0 Å². The lowest BCUT2D eigenvalue weighted by atomic mass is 9.81. The third kappa shape index (κ3) is 2.74. The molecule has 0 aliphatic heterocycles. The van der Waals surface area contributed by atoms with Crippen LogP contribution < -0.4 is 10.6 Å². The molecule has 1 aliphatic carbocycles. The van der Waals surface area contributed by atoms with Crippen LogP contribution in [-0.2, 0) is 19.9 Å². The van der Waals surface area contributed by atoms with E-state index in [1.807, 2.05) is 20.2 Å². The first-order valence-corrected chi connectivity index (χ1v) is 8.78. The van der Waals surface area contributed by atoms with Crippen LogP contribution in [0.3, 0.4) is 0 Å². The summed E-state index contributed by atoms with van der Waals surface area (Å²) in [6, 6.07) is 7.68. The molecule has 0 fully saturated rings. The van der Waals surface area contributed by atoms with Crippen LogP contribution >= 0.6 is 0 Å². The standard InChI is InChI=1S/C20H22F2N4/c1-20(23-2)9-8-17-14(11-20)13-5-7-18(25-19(13)26(17)3)24-12-4-6-15(21)16(22)10-12/h4-7,10,23H,8-9,11H2,1-3H3,(H,24,25). The Labute approximate surface area is 151 Å². The van der Waals surface area contributed by atoms with Gasteiger partial charge in [0.15, 0.2) is 11.6 Å². The molecule has 0 radical (unpaired) electrons. The summed E-state index contributed by atoms with van der Waals surface area (Å²) in [6.45, 7) is 2.25. The minimum Gasteiger partial charge on any atom is -0.340 e. The fourth-order valence-electron chi connectivity index (χ4n) is 3.82. The van der Waals surface area contributed by atoms with Crippen molar-refractivity contribution in [3.8, 4) is 0 Å². The Balaban J connectivity index is 1.72. The maximum Gasteiger partial charge on any atom is 0.160 e. The van der Waals surface area contributed by atoms with E-state index in [9.17, 15) is 8.78 Å². The molecular weight excluding hydrogens is 334 g/mol. The molecule has 0 bridgehead atoms. The van der Waals surface area contributed by atoms with E-state index >= 15 is 0 Å². The molecule has 4 rings (SSSR count). The highest BCUT2D eigenvalue weighted by Crippen LogP contribution is 2.35. The van der Waals surface area contributed by atoms with Crippen molar-refractivity contribution < 1.29 is 8.78 Å². The first-order chi connectivity index (χ1) is 12.4. The lowest BCUT2D eigenvalue weighted by molar-refractivity contribution is 0.336. The molecule has 0 saturated carbocycles. The molecule has 1 unspecified atom stereocenters. The van der Waals surface area contributed by atoms with Gasteiger partial charge in [-0.25, -0.2) is 13.8 Å². The van der Waals surface area contributed by atoms with Gasteiger partial charge in [0.1, 0.15) is 11.5 Å². The second-order valence-electron chi connectivity index (χ2n) is 7.29. The molecule has 0 spiro atoms. The number of rotatable bonds is 3. The van der Waals surface area contributed by atoms with Crippen molar-refractivity contribution in [1.82, 2.24) is 14.9 Å². The second-order valence-corrected chi connectivity index (χ2v) is 7.29. The van der Waals surface area contributed by atoms with Crippen LogP contribution in [0.1, 0.15) is 24.6 Å². The SMILES string of the molecule is CNC1(C)CCc2c(c3ccc(Nc4ccc(F)c(F)c4)nc3n2C)C1. The monoisotopic (exact) mass is 356 g/mol. The van der Waals surface area contributed by atoms with Gasteiger partial charge in [-0.2, -0.15) is 0 Å². The quantitative estimate of drug-likeness (QED) is 0.744. The first kappa shape index (κ1) is 17.0. The van der Waals surface area contributed by atoms with Gasteiger partial charge >= 0.3 is 0 Å². The minimum absolute atomic E-state index is 0.101. The summed E-state index contributed by atoms with van der Waals surface area (Å²) in [5.74, 6) is -1.13. The highest BCUT2D eigenvalue weighted by atomic mass is 19.2. The molecule has 4 nitrogen and oxygen atoms in total. The van der Waals surface area contributed by atoms with Crippen molar-refractivity contribution in [3.05, 3.63) is 53.2 Å². The van der Waals surface area contributed by atoms with E-state index in [2.05, 4.69) is 28.2 Å². The maximum absolute atomic E-state index is 13.4. The number of aryl methyl sites for hydroxylation is 1. The molecule has 6 heteroatoms. The maximum atomic E-state index is 13.4. The number of hydrogen-bond acceptors (Lipinski definition) is 3. The van der Waals surface area contributed by atoms with Gasteiger partial charge in [-0.05, 0) is 63.1 Å². The van der Waals surface area contributed by atoms with E-state index in [0.717, 1.165) is 42.4 Å². The normalized spacial score (nSPS) is 19.6. The Kier molecular flexibility index (Phi) is 3.95. The summed E-state index contributed by atoms with van der Waals surface area (Å²) in [6.07, 6.45) is 3.06. The predicted molar refractivity (Wildman–Crippen MR) is 99.8 cm³/mol. The number of nitrogens with one attached hydrogen (secondary N) is 2. The Hall–Kier alpha value is -2.47.